The molecule has 0 saturated carbocycles. The van der Waals surface area contributed by atoms with Gasteiger partial charge >= 0.3 is 0 Å². The number of hydrogen-bond donors (Lipinski definition) is 2. The van der Waals surface area contributed by atoms with E-state index in [-0.39, 0.29) is 21.7 Å². The van der Waals surface area contributed by atoms with Crippen molar-refractivity contribution in [2.75, 3.05) is 16.8 Å². The molecule has 3 heterocycles. The van der Waals surface area contributed by atoms with E-state index < -0.39 is 15.9 Å². The van der Waals surface area contributed by atoms with Crippen molar-refractivity contribution in [1.29, 1.82) is 0 Å². The molecule has 0 bridgehead atoms. The normalized spacial score (nSPS) is 18.4. The smallest absolute Gasteiger partial charge is 0.281 e. The van der Waals surface area contributed by atoms with Crippen molar-refractivity contribution in [2.24, 2.45) is 11.8 Å². The molecule has 9 heteroatoms. The Morgan fingerprint density at radius 1 is 1.21 bits per heavy atom. The van der Waals surface area contributed by atoms with Crippen LogP contribution in [0.1, 0.15) is 65.2 Å². The van der Waals surface area contributed by atoms with Gasteiger partial charge in [0.15, 0.2) is 5.03 Å². The minimum Gasteiger partial charge on any atom is -0.365 e. The monoisotopic (exact) mass is 473 g/mol. The van der Waals surface area contributed by atoms with Crippen molar-refractivity contribution in [3.63, 3.8) is 0 Å². The van der Waals surface area contributed by atoms with Crippen LogP contribution in [-0.2, 0) is 10.0 Å². The predicted molar refractivity (Wildman–Crippen MR) is 131 cm³/mol. The first kappa shape index (κ1) is 25.0. The maximum atomic E-state index is 13.1. The highest BCUT2D eigenvalue weighted by Gasteiger charge is 2.40. The fourth-order valence-corrected chi connectivity index (χ4v) is 4.67. The second-order valence-corrected chi connectivity index (χ2v) is 11.8. The molecule has 2 aromatic heterocycles. The molecule has 8 nitrogen and oxygen atoms in total. The van der Waals surface area contributed by atoms with Gasteiger partial charge < -0.3 is 10.2 Å². The molecule has 0 radical (unpaired) electrons. The number of anilines is 2. The van der Waals surface area contributed by atoms with Gasteiger partial charge in [-0.1, -0.05) is 26.8 Å². The van der Waals surface area contributed by atoms with Crippen LogP contribution in [0.25, 0.3) is 0 Å². The zero-order valence-electron chi connectivity index (χ0n) is 20.5. The third-order valence-electron chi connectivity index (χ3n) is 7.09. The SMILES string of the molecule is CC(C)C(C)(C)Nc1cccc(S(=O)(=O)NC(=O)c2cccnc2N2CCC(C)C2(C)C)n1. The second kappa shape index (κ2) is 8.93. The van der Waals surface area contributed by atoms with Crippen LogP contribution in [0, 0.1) is 11.8 Å². The molecule has 1 aliphatic heterocycles. The minimum absolute atomic E-state index is 0.201. The molecule has 2 N–H and O–H groups in total. The Morgan fingerprint density at radius 3 is 2.52 bits per heavy atom. The standard InChI is InChI=1S/C24H35N5O3S/c1-16(2)23(4,5)27-19-11-8-12-20(26-19)33(31,32)28-22(30)18-10-9-14-25-21(18)29-15-13-17(3)24(29,6)7/h8-12,14,16-17H,13,15H2,1-7H3,(H,26,27)(H,28,30). The van der Waals surface area contributed by atoms with Crippen molar-refractivity contribution in [3.8, 4) is 0 Å². The van der Waals surface area contributed by atoms with Gasteiger partial charge in [0, 0.05) is 23.8 Å². The van der Waals surface area contributed by atoms with E-state index in [1.807, 2.05) is 13.8 Å². The van der Waals surface area contributed by atoms with Crippen molar-refractivity contribution in [1.82, 2.24) is 14.7 Å². The number of pyridine rings is 2. The first-order chi connectivity index (χ1) is 15.3. The zero-order chi connectivity index (χ0) is 24.6. The number of nitrogens with one attached hydrogen (secondary N) is 2. The van der Waals surface area contributed by atoms with Crippen molar-refractivity contribution in [2.45, 2.75) is 71.0 Å². The van der Waals surface area contributed by atoms with Crippen LogP contribution in [0.5, 0.6) is 0 Å². The summed E-state index contributed by atoms with van der Waals surface area (Å²) in [4.78, 5) is 23.9. The van der Waals surface area contributed by atoms with Crippen LogP contribution in [0.15, 0.2) is 41.6 Å². The van der Waals surface area contributed by atoms with E-state index in [4.69, 9.17) is 0 Å². The molecule has 1 aliphatic rings. The van der Waals surface area contributed by atoms with Gasteiger partial charge in [0.1, 0.15) is 11.6 Å². The maximum absolute atomic E-state index is 13.1. The number of amides is 1. The van der Waals surface area contributed by atoms with Gasteiger partial charge in [-0.25, -0.2) is 14.7 Å². The molecule has 1 unspecified atom stereocenters. The third kappa shape index (κ3) is 5.13. The molecule has 33 heavy (non-hydrogen) atoms. The van der Waals surface area contributed by atoms with E-state index >= 15 is 0 Å². The summed E-state index contributed by atoms with van der Waals surface area (Å²) in [5.74, 6) is 0.895. The topological polar surface area (TPSA) is 104 Å². The number of carbonyl (C=O) groups is 1. The lowest BCUT2D eigenvalue weighted by molar-refractivity contribution is 0.0981. The molecule has 3 rings (SSSR count). The van der Waals surface area contributed by atoms with E-state index in [0.29, 0.717) is 23.5 Å². The van der Waals surface area contributed by atoms with E-state index in [1.54, 1.807) is 30.5 Å². The Labute approximate surface area is 197 Å². The largest absolute Gasteiger partial charge is 0.365 e. The number of hydrogen-bond acceptors (Lipinski definition) is 7. The Hall–Kier alpha value is -2.68. The molecule has 180 valence electrons. The average Bonchev–Trinajstić information content (AvgIpc) is 3.00. The van der Waals surface area contributed by atoms with E-state index in [1.165, 1.54) is 6.07 Å². The van der Waals surface area contributed by atoms with Crippen LogP contribution in [0.4, 0.5) is 11.6 Å². The fraction of sp³-hybridized carbons (Fsp3) is 0.542. The van der Waals surface area contributed by atoms with Crippen LogP contribution < -0.4 is 14.9 Å². The number of carbonyl (C=O) groups excluding carboxylic acids is 1. The third-order valence-corrected chi connectivity index (χ3v) is 8.33. The lowest BCUT2D eigenvalue weighted by atomic mass is 9.90. The lowest BCUT2D eigenvalue weighted by Gasteiger charge is -2.36. The molecule has 0 spiro atoms. The Morgan fingerprint density at radius 2 is 1.91 bits per heavy atom. The highest BCUT2D eigenvalue weighted by atomic mass is 32.2. The zero-order valence-corrected chi connectivity index (χ0v) is 21.3. The molecule has 1 atom stereocenters. The number of sulfonamides is 1. The molecule has 1 saturated heterocycles. The van der Waals surface area contributed by atoms with Crippen LogP contribution >= 0.6 is 0 Å². The van der Waals surface area contributed by atoms with Crippen molar-refractivity contribution in [3.05, 3.63) is 42.1 Å². The first-order valence-corrected chi connectivity index (χ1v) is 12.8. The summed E-state index contributed by atoms with van der Waals surface area (Å²) in [6, 6.07) is 7.92. The van der Waals surface area contributed by atoms with Crippen LogP contribution in [-0.4, -0.2) is 41.9 Å². The summed E-state index contributed by atoms with van der Waals surface area (Å²) in [6.07, 6.45) is 2.59. The summed E-state index contributed by atoms with van der Waals surface area (Å²) in [7, 11) is -4.18. The van der Waals surface area contributed by atoms with Gasteiger partial charge in [0.2, 0.25) is 0 Å². The van der Waals surface area contributed by atoms with Gasteiger partial charge in [0.25, 0.3) is 15.9 Å². The summed E-state index contributed by atoms with van der Waals surface area (Å²) >= 11 is 0. The fourth-order valence-electron chi connectivity index (χ4n) is 3.74. The Kier molecular flexibility index (Phi) is 6.75. The first-order valence-electron chi connectivity index (χ1n) is 11.3. The quantitative estimate of drug-likeness (QED) is 0.625. The minimum atomic E-state index is -4.18. The number of aromatic nitrogens is 2. The maximum Gasteiger partial charge on any atom is 0.281 e. The van der Waals surface area contributed by atoms with Gasteiger partial charge in [0.05, 0.1) is 5.56 Å². The Balaban J connectivity index is 1.87. The van der Waals surface area contributed by atoms with Crippen LogP contribution in [0.3, 0.4) is 0 Å². The molecular weight excluding hydrogens is 438 g/mol. The Bertz CT molecular complexity index is 1130. The van der Waals surface area contributed by atoms with Crippen molar-refractivity contribution < 1.29 is 13.2 Å². The average molecular weight is 474 g/mol. The molecule has 1 fully saturated rings. The van der Waals surface area contributed by atoms with Gasteiger partial charge in [-0.3, -0.25) is 4.79 Å². The van der Waals surface area contributed by atoms with Gasteiger partial charge in [-0.05, 0) is 70.2 Å². The molecular formula is C24H35N5O3S. The molecule has 0 aromatic carbocycles. The van der Waals surface area contributed by atoms with Crippen molar-refractivity contribution >= 4 is 27.6 Å². The number of nitrogens with zero attached hydrogens (tertiary/aromatic N) is 3. The molecule has 2 aromatic rings. The lowest BCUT2D eigenvalue weighted by Crippen LogP contribution is -2.43. The molecule has 0 aliphatic carbocycles. The van der Waals surface area contributed by atoms with Gasteiger partial charge in [-0.15, -0.1) is 0 Å². The van der Waals surface area contributed by atoms with E-state index in [0.717, 1.165) is 13.0 Å². The summed E-state index contributed by atoms with van der Waals surface area (Å²) in [5.41, 5.74) is -0.269. The highest BCUT2D eigenvalue weighted by molar-refractivity contribution is 7.90. The number of rotatable bonds is 7. The summed E-state index contributed by atoms with van der Waals surface area (Å²) < 4.78 is 28.2. The summed E-state index contributed by atoms with van der Waals surface area (Å²) in [5, 5.41) is 3.05. The van der Waals surface area contributed by atoms with Gasteiger partial charge in [-0.2, -0.15) is 8.42 Å². The predicted octanol–water partition coefficient (Wildman–Crippen LogP) is 4.07. The van der Waals surface area contributed by atoms with Crippen LogP contribution in [0.2, 0.25) is 0 Å². The second-order valence-electron chi connectivity index (χ2n) is 10.2. The highest BCUT2D eigenvalue weighted by Crippen LogP contribution is 2.38. The molecule has 1 amide bonds. The van der Waals surface area contributed by atoms with E-state index in [2.05, 4.69) is 59.5 Å². The summed E-state index contributed by atoms with van der Waals surface area (Å²) in [6.45, 7) is 15.3. The van der Waals surface area contributed by atoms with E-state index in [9.17, 15) is 13.2 Å².